The Labute approximate surface area is 191 Å². The van der Waals surface area contributed by atoms with E-state index in [9.17, 15) is 8.42 Å². The summed E-state index contributed by atoms with van der Waals surface area (Å²) in [7, 11) is -3.72. The van der Waals surface area contributed by atoms with Gasteiger partial charge < -0.3 is 14.8 Å². The molecule has 9 heteroatoms. The lowest BCUT2D eigenvalue weighted by atomic mass is 10.2. The third-order valence-electron chi connectivity index (χ3n) is 4.32. The van der Waals surface area contributed by atoms with Gasteiger partial charge in [-0.15, -0.1) is 0 Å². The van der Waals surface area contributed by atoms with Gasteiger partial charge in [0.25, 0.3) is 0 Å². The molecular formula is C22H22Cl2N2O4S. The van der Waals surface area contributed by atoms with Crippen LogP contribution in [0, 0.1) is 0 Å². The number of rotatable bonds is 9. The van der Waals surface area contributed by atoms with Gasteiger partial charge in [0, 0.05) is 17.3 Å². The van der Waals surface area contributed by atoms with E-state index in [4.69, 9.17) is 37.8 Å². The minimum Gasteiger partial charge on any atom is -0.490 e. The predicted molar refractivity (Wildman–Crippen MR) is 124 cm³/mol. The smallest absolute Gasteiger partial charge is 0.238 e. The fraction of sp³-hybridized carbons (Fsp3) is 0.182. The first-order valence-electron chi connectivity index (χ1n) is 9.45. The molecule has 0 saturated carbocycles. The Morgan fingerprint density at radius 3 is 2.35 bits per heavy atom. The van der Waals surface area contributed by atoms with E-state index in [0.29, 0.717) is 41.3 Å². The fourth-order valence-corrected chi connectivity index (χ4v) is 3.89. The van der Waals surface area contributed by atoms with E-state index in [0.717, 1.165) is 16.8 Å². The van der Waals surface area contributed by atoms with E-state index >= 15 is 0 Å². The molecule has 6 nitrogen and oxygen atoms in total. The highest BCUT2D eigenvalue weighted by Crippen LogP contribution is 2.37. The monoisotopic (exact) mass is 480 g/mol. The molecule has 3 aromatic rings. The van der Waals surface area contributed by atoms with Gasteiger partial charge in [0.1, 0.15) is 6.61 Å². The zero-order valence-corrected chi connectivity index (χ0v) is 19.1. The number of anilines is 1. The first-order chi connectivity index (χ1) is 14.8. The number of hydrogen-bond donors (Lipinski definition) is 2. The Balaban J connectivity index is 1.73. The molecule has 3 aromatic carbocycles. The van der Waals surface area contributed by atoms with Crippen molar-refractivity contribution in [2.45, 2.75) is 25.0 Å². The number of hydrogen-bond acceptors (Lipinski definition) is 5. The highest BCUT2D eigenvalue weighted by Gasteiger charge is 2.13. The molecule has 0 unspecified atom stereocenters. The summed E-state index contributed by atoms with van der Waals surface area (Å²) in [4.78, 5) is 0.0564. The average Bonchev–Trinajstić information content (AvgIpc) is 2.71. The van der Waals surface area contributed by atoms with Crippen LogP contribution in [0.25, 0.3) is 0 Å². The number of sulfonamides is 1. The molecule has 0 aliphatic rings. The first kappa shape index (κ1) is 23.2. The van der Waals surface area contributed by atoms with E-state index in [1.54, 1.807) is 24.3 Å². The molecule has 0 atom stereocenters. The molecule has 0 aliphatic carbocycles. The van der Waals surface area contributed by atoms with Crippen molar-refractivity contribution in [3.05, 3.63) is 81.8 Å². The molecule has 0 radical (unpaired) electrons. The molecule has 3 rings (SSSR count). The minimum absolute atomic E-state index is 0.0564. The number of nitrogens with two attached hydrogens (primary N) is 1. The van der Waals surface area contributed by atoms with E-state index < -0.39 is 10.0 Å². The third kappa shape index (κ3) is 6.51. The van der Waals surface area contributed by atoms with Crippen LogP contribution < -0.4 is 19.9 Å². The van der Waals surface area contributed by atoms with Crippen LogP contribution >= 0.6 is 23.2 Å². The number of primary sulfonamides is 1. The third-order valence-corrected chi connectivity index (χ3v) is 5.77. The first-order valence-corrected chi connectivity index (χ1v) is 11.8. The minimum atomic E-state index is -3.72. The topological polar surface area (TPSA) is 90.6 Å². The quantitative estimate of drug-likeness (QED) is 0.437. The molecule has 0 aromatic heterocycles. The standard InChI is InChI=1S/C22H22Cl2N2O4S/c1-2-29-21-12-16(13-26-18-6-8-19(9-7-18)31(25,27)28)11-20(24)22(21)30-14-15-4-3-5-17(23)10-15/h3-12,26H,2,13-14H2,1H3,(H2,25,27,28). The Morgan fingerprint density at radius 1 is 0.968 bits per heavy atom. The van der Waals surface area contributed by atoms with E-state index in [-0.39, 0.29) is 4.90 Å². The Morgan fingerprint density at radius 2 is 1.71 bits per heavy atom. The van der Waals surface area contributed by atoms with Crippen molar-refractivity contribution in [3.8, 4) is 11.5 Å². The second-order valence-electron chi connectivity index (χ2n) is 6.68. The van der Waals surface area contributed by atoms with Crippen molar-refractivity contribution < 1.29 is 17.9 Å². The molecule has 0 fully saturated rings. The number of nitrogens with one attached hydrogen (secondary N) is 1. The molecule has 31 heavy (non-hydrogen) atoms. The van der Waals surface area contributed by atoms with Gasteiger partial charge >= 0.3 is 0 Å². The lowest BCUT2D eigenvalue weighted by Gasteiger charge is -2.16. The normalized spacial score (nSPS) is 11.2. The van der Waals surface area contributed by atoms with Gasteiger partial charge in [0.2, 0.25) is 10.0 Å². The largest absolute Gasteiger partial charge is 0.490 e. The summed E-state index contributed by atoms with van der Waals surface area (Å²) in [6.07, 6.45) is 0. The fourth-order valence-electron chi connectivity index (χ4n) is 2.88. The van der Waals surface area contributed by atoms with Crippen LogP contribution in [0.3, 0.4) is 0 Å². The van der Waals surface area contributed by atoms with Crippen molar-refractivity contribution in [2.75, 3.05) is 11.9 Å². The van der Waals surface area contributed by atoms with Crippen molar-refractivity contribution in [1.82, 2.24) is 0 Å². The molecule has 0 aliphatic heterocycles. The molecule has 164 valence electrons. The molecule has 0 heterocycles. The predicted octanol–water partition coefficient (Wildman–Crippen LogP) is 5.23. The van der Waals surface area contributed by atoms with Crippen molar-refractivity contribution in [3.63, 3.8) is 0 Å². The van der Waals surface area contributed by atoms with Crippen LogP contribution in [-0.4, -0.2) is 15.0 Å². The molecule has 0 amide bonds. The maximum absolute atomic E-state index is 11.4. The summed E-state index contributed by atoms with van der Waals surface area (Å²) in [6, 6.07) is 17.2. The second kappa shape index (κ2) is 10.2. The SMILES string of the molecule is CCOc1cc(CNc2ccc(S(N)(=O)=O)cc2)cc(Cl)c1OCc1cccc(Cl)c1. The van der Waals surface area contributed by atoms with Gasteiger partial charge in [-0.2, -0.15) is 0 Å². The Kier molecular flexibility index (Phi) is 7.67. The van der Waals surface area contributed by atoms with Crippen LogP contribution in [0.15, 0.2) is 65.6 Å². The highest BCUT2D eigenvalue weighted by molar-refractivity contribution is 7.89. The van der Waals surface area contributed by atoms with Gasteiger partial charge in [-0.25, -0.2) is 13.6 Å². The average molecular weight is 481 g/mol. The molecule has 0 spiro atoms. The summed E-state index contributed by atoms with van der Waals surface area (Å²) in [5.41, 5.74) is 2.53. The van der Waals surface area contributed by atoms with Gasteiger partial charge in [0.05, 0.1) is 16.5 Å². The zero-order chi connectivity index (χ0) is 22.4. The Bertz CT molecular complexity index is 1150. The molecule has 3 N–H and O–H groups in total. The van der Waals surface area contributed by atoms with Crippen LogP contribution in [0.1, 0.15) is 18.1 Å². The maximum atomic E-state index is 11.4. The van der Waals surface area contributed by atoms with Gasteiger partial charge in [0.15, 0.2) is 11.5 Å². The Hall–Kier alpha value is -2.45. The van der Waals surface area contributed by atoms with Crippen LogP contribution in [-0.2, 0) is 23.2 Å². The number of benzene rings is 3. The lowest BCUT2D eigenvalue weighted by molar-refractivity contribution is 0.269. The summed E-state index contributed by atoms with van der Waals surface area (Å²) < 4.78 is 34.4. The van der Waals surface area contributed by atoms with Crippen molar-refractivity contribution in [2.24, 2.45) is 5.14 Å². The molecule has 0 saturated heterocycles. The van der Waals surface area contributed by atoms with Gasteiger partial charge in [-0.3, -0.25) is 0 Å². The lowest BCUT2D eigenvalue weighted by Crippen LogP contribution is -2.12. The summed E-state index contributed by atoms with van der Waals surface area (Å²) in [6.45, 7) is 3.08. The van der Waals surface area contributed by atoms with E-state index in [1.165, 1.54) is 12.1 Å². The van der Waals surface area contributed by atoms with Crippen molar-refractivity contribution >= 4 is 38.9 Å². The number of ether oxygens (including phenoxy) is 2. The molecular weight excluding hydrogens is 459 g/mol. The van der Waals surface area contributed by atoms with Crippen LogP contribution in [0.2, 0.25) is 10.0 Å². The van der Waals surface area contributed by atoms with Crippen LogP contribution in [0.5, 0.6) is 11.5 Å². The second-order valence-corrected chi connectivity index (χ2v) is 9.08. The van der Waals surface area contributed by atoms with Crippen LogP contribution in [0.4, 0.5) is 5.69 Å². The maximum Gasteiger partial charge on any atom is 0.238 e. The van der Waals surface area contributed by atoms with Crippen molar-refractivity contribution in [1.29, 1.82) is 0 Å². The number of halogens is 2. The van der Waals surface area contributed by atoms with E-state index in [1.807, 2.05) is 31.2 Å². The van der Waals surface area contributed by atoms with Gasteiger partial charge in [-0.05, 0) is 66.6 Å². The highest BCUT2D eigenvalue weighted by atomic mass is 35.5. The summed E-state index contributed by atoms with van der Waals surface area (Å²) in [5.74, 6) is 1.00. The van der Waals surface area contributed by atoms with Gasteiger partial charge in [-0.1, -0.05) is 35.3 Å². The van der Waals surface area contributed by atoms with E-state index in [2.05, 4.69) is 5.32 Å². The summed E-state index contributed by atoms with van der Waals surface area (Å²) in [5, 5.41) is 9.40. The zero-order valence-electron chi connectivity index (χ0n) is 16.8. The summed E-state index contributed by atoms with van der Waals surface area (Å²) >= 11 is 12.5. The molecule has 0 bridgehead atoms.